The second kappa shape index (κ2) is 7.44. The SMILES string of the molecule is CC(=O)/C=C/N(CCCl)CCCl. The molecule has 0 rings (SSSR count). The number of carbonyl (C=O) groups excluding carboxylic acids is 1. The van der Waals surface area contributed by atoms with Gasteiger partial charge in [-0.3, -0.25) is 4.79 Å². The van der Waals surface area contributed by atoms with Crippen molar-refractivity contribution in [2.24, 2.45) is 0 Å². The van der Waals surface area contributed by atoms with Crippen LogP contribution in [0.2, 0.25) is 0 Å². The Bertz CT molecular complexity index is 153. The van der Waals surface area contributed by atoms with E-state index in [1.54, 1.807) is 6.20 Å². The van der Waals surface area contributed by atoms with Crippen LogP contribution >= 0.6 is 23.2 Å². The lowest BCUT2D eigenvalue weighted by Crippen LogP contribution is -2.22. The molecule has 0 unspecified atom stereocenters. The molecule has 0 saturated heterocycles. The lowest BCUT2D eigenvalue weighted by atomic mass is 10.4. The minimum atomic E-state index is 0.0316. The van der Waals surface area contributed by atoms with Crippen molar-refractivity contribution in [3.8, 4) is 0 Å². The molecule has 12 heavy (non-hydrogen) atoms. The monoisotopic (exact) mass is 209 g/mol. The first kappa shape index (κ1) is 11.8. The number of halogens is 2. The Balaban J connectivity index is 3.84. The summed E-state index contributed by atoms with van der Waals surface area (Å²) in [5, 5.41) is 0. The first-order valence-corrected chi connectivity index (χ1v) is 4.82. The zero-order valence-electron chi connectivity index (χ0n) is 7.09. The predicted octanol–water partition coefficient (Wildman–Crippen LogP) is 1.87. The second-order valence-electron chi connectivity index (χ2n) is 2.34. The number of allylic oxidation sites excluding steroid dienone is 1. The quantitative estimate of drug-likeness (QED) is 0.492. The minimum absolute atomic E-state index is 0.0316. The van der Waals surface area contributed by atoms with E-state index in [1.165, 1.54) is 13.0 Å². The molecule has 0 aliphatic rings. The van der Waals surface area contributed by atoms with Crippen molar-refractivity contribution in [3.05, 3.63) is 12.3 Å². The van der Waals surface area contributed by atoms with Crippen LogP contribution < -0.4 is 0 Å². The first-order valence-electron chi connectivity index (χ1n) is 3.75. The summed E-state index contributed by atoms with van der Waals surface area (Å²) in [7, 11) is 0. The van der Waals surface area contributed by atoms with E-state index in [0.717, 1.165) is 13.1 Å². The summed E-state index contributed by atoms with van der Waals surface area (Å²) in [6.45, 7) is 2.95. The molecule has 0 aromatic rings. The highest BCUT2D eigenvalue weighted by Gasteiger charge is 1.96. The molecule has 0 N–H and O–H groups in total. The molecule has 0 amide bonds. The highest BCUT2D eigenvalue weighted by atomic mass is 35.5. The predicted molar refractivity (Wildman–Crippen MR) is 52.8 cm³/mol. The average molecular weight is 210 g/mol. The van der Waals surface area contributed by atoms with Crippen molar-refractivity contribution in [2.75, 3.05) is 24.8 Å². The number of ketones is 1. The fourth-order valence-corrected chi connectivity index (χ4v) is 1.12. The molecule has 0 aromatic heterocycles. The van der Waals surface area contributed by atoms with Crippen LogP contribution in [0.4, 0.5) is 0 Å². The van der Waals surface area contributed by atoms with Gasteiger partial charge in [0.15, 0.2) is 5.78 Å². The maximum atomic E-state index is 10.6. The van der Waals surface area contributed by atoms with E-state index in [-0.39, 0.29) is 5.78 Å². The summed E-state index contributed by atoms with van der Waals surface area (Å²) in [5.41, 5.74) is 0. The van der Waals surface area contributed by atoms with Crippen molar-refractivity contribution in [2.45, 2.75) is 6.92 Å². The Hall–Kier alpha value is -0.210. The van der Waals surface area contributed by atoms with Gasteiger partial charge in [0.2, 0.25) is 0 Å². The Morgan fingerprint density at radius 3 is 2.17 bits per heavy atom. The Kier molecular flexibility index (Phi) is 7.31. The molecule has 2 nitrogen and oxygen atoms in total. The molecular weight excluding hydrogens is 197 g/mol. The normalized spacial score (nSPS) is 10.6. The van der Waals surface area contributed by atoms with Gasteiger partial charge >= 0.3 is 0 Å². The van der Waals surface area contributed by atoms with Crippen molar-refractivity contribution in [1.29, 1.82) is 0 Å². The van der Waals surface area contributed by atoms with E-state index < -0.39 is 0 Å². The summed E-state index contributed by atoms with van der Waals surface area (Å²) >= 11 is 11.1. The van der Waals surface area contributed by atoms with Gasteiger partial charge in [-0.1, -0.05) is 0 Å². The molecule has 0 radical (unpaired) electrons. The van der Waals surface area contributed by atoms with Crippen molar-refractivity contribution >= 4 is 29.0 Å². The maximum absolute atomic E-state index is 10.6. The number of hydrogen-bond acceptors (Lipinski definition) is 2. The van der Waals surface area contributed by atoms with E-state index in [9.17, 15) is 4.79 Å². The largest absolute Gasteiger partial charge is 0.375 e. The lowest BCUT2D eigenvalue weighted by molar-refractivity contribution is -0.112. The van der Waals surface area contributed by atoms with Crippen LogP contribution in [0.15, 0.2) is 12.3 Å². The molecule has 0 spiro atoms. The van der Waals surface area contributed by atoms with Gasteiger partial charge in [0.1, 0.15) is 0 Å². The van der Waals surface area contributed by atoms with Gasteiger partial charge in [-0.15, -0.1) is 23.2 Å². The fraction of sp³-hybridized carbons (Fsp3) is 0.625. The van der Waals surface area contributed by atoms with Gasteiger partial charge in [0.25, 0.3) is 0 Å². The highest BCUT2D eigenvalue weighted by Crippen LogP contribution is 1.93. The summed E-state index contributed by atoms with van der Waals surface area (Å²) < 4.78 is 0. The number of hydrogen-bond donors (Lipinski definition) is 0. The molecule has 0 aromatic carbocycles. The van der Waals surface area contributed by atoms with E-state index >= 15 is 0 Å². The van der Waals surface area contributed by atoms with Crippen LogP contribution in [0.25, 0.3) is 0 Å². The van der Waals surface area contributed by atoms with Crippen molar-refractivity contribution in [3.63, 3.8) is 0 Å². The van der Waals surface area contributed by atoms with E-state index in [4.69, 9.17) is 23.2 Å². The number of nitrogens with zero attached hydrogens (tertiary/aromatic N) is 1. The number of carbonyl (C=O) groups is 1. The Labute approximate surface area is 83.1 Å². The molecule has 0 aliphatic carbocycles. The Morgan fingerprint density at radius 1 is 1.33 bits per heavy atom. The van der Waals surface area contributed by atoms with Gasteiger partial charge in [-0.2, -0.15) is 0 Å². The molecular formula is C8H13Cl2NO. The molecule has 0 saturated carbocycles. The van der Waals surface area contributed by atoms with E-state index in [2.05, 4.69) is 0 Å². The highest BCUT2D eigenvalue weighted by molar-refractivity contribution is 6.18. The molecule has 70 valence electrons. The van der Waals surface area contributed by atoms with E-state index in [0.29, 0.717) is 11.8 Å². The van der Waals surface area contributed by atoms with Gasteiger partial charge in [0, 0.05) is 31.0 Å². The van der Waals surface area contributed by atoms with Crippen molar-refractivity contribution < 1.29 is 4.79 Å². The van der Waals surface area contributed by atoms with Gasteiger partial charge in [-0.25, -0.2) is 0 Å². The molecule has 4 heteroatoms. The maximum Gasteiger partial charge on any atom is 0.154 e. The van der Waals surface area contributed by atoms with Crippen LogP contribution in [0, 0.1) is 0 Å². The number of alkyl halides is 2. The topological polar surface area (TPSA) is 20.3 Å². The zero-order chi connectivity index (χ0) is 9.40. The lowest BCUT2D eigenvalue weighted by Gasteiger charge is -2.16. The molecule has 0 heterocycles. The number of rotatable bonds is 6. The van der Waals surface area contributed by atoms with Gasteiger partial charge in [0.05, 0.1) is 0 Å². The third-order valence-corrected chi connectivity index (χ3v) is 1.60. The molecule has 0 aliphatic heterocycles. The smallest absolute Gasteiger partial charge is 0.154 e. The third kappa shape index (κ3) is 6.50. The first-order chi connectivity index (χ1) is 5.70. The van der Waals surface area contributed by atoms with Crippen LogP contribution in [0.3, 0.4) is 0 Å². The van der Waals surface area contributed by atoms with Gasteiger partial charge in [-0.05, 0) is 13.0 Å². The summed E-state index contributed by atoms with van der Waals surface area (Å²) in [4.78, 5) is 12.5. The summed E-state index contributed by atoms with van der Waals surface area (Å²) in [6.07, 6.45) is 3.24. The van der Waals surface area contributed by atoms with Crippen LogP contribution in [-0.2, 0) is 4.79 Å². The molecule has 0 fully saturated rings. The van der Waals surface area contributed by atoms with Crippen molar-refractivity contribution in [1.82, 2.24) is 4.90 Å². The van der Waals surface area contributed by atoms with Crippen LogP contribution in [0.1, 0.15) is 6.92 Å². The Morgan fingerprint density at radius 2 is 1.83 bits per heavy atom. The van der Waals surface area contributed by atoms with E-state index in [1.807, 2.05) is 4.90 Å². The fourth-order valence-electron chi connectivity index (χ4n) is 0.688. The molecule has 0 bridgehead atoms. The second-order valence-corrected chi connectivity index (χ2v) is 3.10. The minimum Gasteiger partial charge on any atom is -0.375 e. The third-order valence-electron chi connectivity index (χ3n) is 1.26. The summed E-state index contributed by atoms with van der Waals surface area (Å²) in [5.74, 6) is 1.11. The molecule has 0 atom stereocenters. The summed E-state index contributed by atoms with van der Waals surface area (Å²) in [6, 6.07) is 0. The van der Waals surface area contributed by atoms with Gasteiger partial charge < -0.3 is 4.90 Å². The van der Waals surface area contributed by atoms with Crippen LogP contribution in [-0.4, -0.2) is 35.5 Å². The van der Waals surface area contributed by atoms with Crippen LogP contribution in [0.5, 0.6) is 0 Å². The zero-order valence-corrected chi connectivity index (χ0v) is 8.61. The standard InChI is InChI=1S/C8H13Cl2NO/c1-8(12)2-5-11(6-3-9)7-4-10/h2,5H,3-4,6-7H2,1H3/b5-2+. The average Bonchev–Trinajstić information content (AvgIpc) is 2.01.